The fraction of sp³-hybridized carbons (Fsp3) is 0.350. The number of alkyl halides is 2. The van der Waals surface area contributed by atoms with Gasteiger partial charge in [0, 0.05) is 30.9 Å². The van der Waals surface area contributed by atoms with Gasteiger partial charge in [-0.15, -0.1) is 0 Å². The van der Waals surface area contributed by atoms with Crippen molar-refractivity contribution >= 4 is 28.5 Å². The van der Waals surface area contributed by atoms with Gasteiger partial charge in [-0.3, -0.25) is 14.2 Å². The van der Waals surface area contributed by atoms with Gasteiger partial charge >= 0.3 is 0 Å². The molecule has 0 fully saturated rings. The van der Waals surface area contributed by atoms with Gasteiger partial charge in [-0.05, 0) is 19.9 Å². The van der Waals surface area contributed by atoms with Crippen molar-refractivity contribution in [2.45, 2.75) is 39.9 Å². The quantitative estimate of drug-likeness (QED) is 0.455. The number of nitrogens with one attached hydrogen (secondary N) is 1. The van der Waals surface area contributed by atoms with Crippen molar-refractivity contribution in [3.05, 3.63) is 46.6 Å². The first-order valence-electron chi connectivity index (χ1n) is 9.90. The lowest BCUT2D eigenvalue weighted by Crippen LogP contribution is -2.28. The molecule has 0 aliphatic rings. The summed E-state index contributed by atoms with van der Waals surface area (Å²) < 4.78 is 32.3. The summed E-state index contributed by atoms with van der Waals surface area (Å²) in [5, 5.41) is 16.0. The zero-order chi connectivity index (χ0) is 23.0. The van der Waals surface area contributed by atoms with Crippen LogP contribution in [0.1, 0.15) is 30.3 Å². The summed E-state index contributed by atoms with van der Waals surface area (Å²) in [5.41, 5.74) is 2.01. The van der Waals surface area contributed by atoms with Gasteiger partial charge in [-0.25, -0.2) is 18.4 Å². The lowest BCUT2D eigenvalue weighted by atomic mass is 10.1. The number of aryl methyl sites for hydroxylation is 3. The SMILES string of the molecule is CCn1ncc(Cl)c1CNC(=O)Cn1nc(C)c2c(C(F)F)cc(-c3cnn(C)c3)nc21. The van der Waals surface area contributed by atoms with Crippen LogP contribution in [-0.4, -0.2) is 40.2 Å². The highest BCUT2D eigenvalue weighted by molar-refractivity contribution is 6.31. The van der Waals surface area contributed by atoms with Crippen molar-refractivity contribution in [1.82, 2.24) is 39.6 Å². The van der Waals surface area contributed by atoms with Crippen molar-refractivity contribution in [3.8, 4) is 11.3 Å². The van der Waals surface area contributed by atoms with Gasteiger partial charge in [0.1, 0.15) is 6.54 Å². The van der Waals surface area contributed by atoms with E-state index in [-0.39, 0.29) is 35.6 Å². The van der Waals surface area contributed by atoms with E-state index in [0.29, 0.717) is 34.2 Å². The zero-order valence-electron chi connectivity index (χ0n) is 17.7. The first-order valence-corrected chi connectivity index (χ1v) is 10.3. The van der Waals surface area contributed by atoms with Gasteiger partial charge in [-0.2, -0.15) is 15.3 Å². The molecule has 168 valence electrons. The van der Waals surface area contributed by atoms with Crippen molar-refractivity contribution in [3.63, 3.8) is 0 Å². The fourth-order valence-electron chi connectivity index (χ4n) is 3.58. The first-order chi connectivity index (χ1) is 15.3. The van der Waals surface area contributed by atoms with Gasteiger partial charge in [-0.1, -0.05) is 11.6 Å². The Morgan fingerprint density at radius 1 is 1.25 bits per heavy atom. The van der Waals surface area contributed by atoms with E-state index in [4.69, 9.17) is 11.6 Å². The summed E-state index contributed by atoms with van der Waals surface area (Å²) in [6.07, 6.45) is 2.03. The first kappa shape index (κ1) is 21.9. The number of nitrogens with zero attached hydrogens (tertiary/aromatic N) is 7. The summed E-state index contributed by atoms with van der Waals surface area (Å²) in [6.45, 7) is 4.14. The third-order valence-electron chi connectivity index (χ3n) is 5.09. The molecule has 0 spiro atoms. The molecule has 9 nitrogen and oxygen atoms in total. The number of aromatic nitrogens is 7. The highest BCUT2D eigenvalue weighted by Crippen LogP contribution is 2.32. The molecule has 1 N–H and O–H groups in total. The Hall–Kier alpha value is -3.34. The Morgan fingerprint density at radius 3 is 2.69 bits per heavy atom. The molecule has 0 radical (unpaired) electrons. The number of hydrogen-bond donors (Lipinski definition) is 1. The van der Waals surface area contributed by atoms with E-state index in [9.17, 15) is 13.6 Å². The second-order valence-electron chi connectivity index (χ2n) is 7.27. The van der Waals surface area contributed by atoms with Crippen LogP contribution in [0, 0.1) is 6.92 Å². The van der Waals surface area contributed by atoms with Crippen LogP contribution in [0.2, 0.25) is 5.02 Å². The molecule has 4 aromatic heterocycles. The predicted molar refractivity (Wildman–Crippen MR) is 114 cm³/mol. The van der Waals surface area contributed by atoms with E-state index in [1.165, 1.54) is 16.9 Å². The standard InChI is InChI=1S/C20H21ClF2N8O/c1-4-30-16(14(21)7-26-30)8-24-17(32)10-31-20-18(11(2)28-31)13(19(22)23)5-15(27-20)12-6-25-29(3)9-12/h5-7,9,19H,4,8,10H2,1-3H3,(H,24,32). The normalized spacial score (nSPS) is 11.6. The molecule has 0 aliphatic heterocycles. The maximum absolute atomic E-state index is 13.9. The van der Waals surface area contributed by atoms with Gasteiger partial charge in [0.05, 0.1) is 46.4 Å². The number of amides is 1. The van der Waals surface area contributed by atoms with Crippen LogP contribution in [0.25, 0.3) is 22.3 Å². The summed E-state index contributed by atoms with van der Waals surface area (Å²) in [5.74, 6) is -0.360. The molecule has 12 heteroatoms. The molecule has 0 saturated heterocycles. The molecule has 0 saturated carbocycles. The van der Waals surface area contributed by atoms with Crippen LogP contribution in [0.15, 0.2) is 24.7 Å². The number of pyridine rings is 1. The maximum atomic E-state index is 13.9. The smallest absolute Gasteiger partial charge is 0.264 e. The second kappa shape index (κ2) is 8.65. The highest BCUT2D eigenvalue weighted by Gasteiger charge is 2.22. The Morgan fingerprint density at radius 2 is 2.03 bits per heavy atom. The highest BCUT2D eigenvalue weighted by atomic mass is 35.5. The van der Waals surface area contributed by atoms with E-state index in [2.05, 4.69) is 25.6 Å². The summed E-state index contributed by atoms with van der Waals surface area (Å²) >= 11 is 6.13. The number of fused-ring (bicyclic) bond motifs is 1. The van der Waals surface area contributed by atoms with E-state index < -0.39 is 6.43 Å². The Labute approximate surface area is 187 Å². The van der Waals surface area contributed by atoms with Gasteiger partial charge in [0.2, 0.25) is 5.91 Å². The van der Waals surface area contributed by atoms with Crippen LogP contribution in [0.5, 0.6) is 0 Å². The molecule has 4 aromatic rings. The number of halogens is 3. The third kappa shape index (κ3) is 4.07. The van der Waals surface area contributed by atoms with Crippen LogP contribution in [0.3, 0.4) is 0 Å². The van der Waals surface area contributed by atoms with E-state index in [1.807, 2.05) is 6.92 Å². The van der Waals surface area contributed by atoms with Crippen LogP contribution < -0.4 is 5.32 Å². The molecule has 0 unspecified atom stereocenters. The zero-order valence-corrected chi connectivity index (χ0v) is 18.4. The summed E-state index contributed by atoms with van der Waals surface area (Å²) in [6, 6.07) is 1.34. The van der Waals surface area contributed by atoms with E-state index in [1.54, 1.807) is 35.7 Å². The minimum Gasteiger partial charge on any atom is -0.349 e. The molecular weight excluding hydrogens is 442 g/mol. The van der Waals surface area contributed by atoms with Crippen molar-refractivity contribution in [2.24, 2.45) is 7.05 Å². The van der Waals surface area contributed by atoms with Crippen molar-refractivity contribution in [2.75, 3.05) is 0 Å². The molecule has 4 heterocycles. The fourth-order valence-corrected chi connectivity index (χ4v) is 3.79. The Kier molecular flexibility index (Phi) is 5.92. The Bertz CT molecular complexity index is 1290. The number of carbonyl (C=O) groups excluding carboxylic acids is 1. The molecule has 0 atom stereocenters. The second-order valence-corrected chi connectivity index (χ2v) is 7.68. The van der Waals surface area contributed by atoms with Gasteiger partial charge in [0.25, 0.3) is 6.43 Å². The van der Waals surface area contributed by atoms with E-state index >= 15 is 0 Å². The molecular formula is C20H21ClF2N8O. The van der Waals surface area contributed by atoms with Crippen molar-refractivity contribution < 1.29 is 13.6 Å². The number of carbonyl (C=O) groups is 1. The maximum Gasteiger partial charge on any atom is 0.264 e. The lowest BCUT2D eigenvalue weighted by Gasteiger charge is -2.09. The Balaban J connectivity index is 1.65. The largest absolute Gasteiger partial charge is 0.349 e. The van der Waals surface area contributed by atoms with Crippen LogP contribution in [0.4, 0.5) is 8.78 Å². The van der Waals surface area contributed by atoms with Crippen LogP contribution in [-0.2, 0) is 31.5 Å². The average Bonchev–Trinajstić information content (AvgIpc) is 3.43. The topological polar surface area (TPSA) is 95.5 Å². The number of rotatable bonds is 7. The molecule has 4 rings (SSSR count). The van der Waals surface area contributed by atoms with Gasteiger partial charge in [0.15, 0.2) is 5.65 Å². The minimum absolute atomic E-state index is 0.181. The lowest BCUT2D eigenvalue weighted by molar-refractivity contribution is -0.122. The molecule has 32 heavy (non-hydrogen) atoms. The van der Waals surface area contributed by atoms with Crippen LogP contribution >= 0.6 is 11.6 Å². The summed E-state index contributed by atoms with van der Waals surface area (Å²) in [7, 11) is 1.73. The monoisotopic (exact) mass is 462 g/mol. The third-order valence-corrected chi connectivity index (χ3v) is 5.40. The molecule has 0 bridgehead atoms. The predicted octanol–water partition coefficient (Wildman–Crippen LogP) is 3.26. The minimum atomic E-state index is -2.72. The number of hydrogen-bond acceptors (Lipinski definition) is 5. The average molecular weight is 463 g/mol. The van der Waals surface area contributed by atoms with E-state index in [0.717, 1.165) is 0 Å². The van der Waals surface area contributed by atoms with Crippen molar-refractivity contribution in [1.29, 1.82) is 0 Å². The molecule has 1 amide bonds. The molecule has 0 aromatic carbocycles. The van der Waals surface area contributed by atoms with Gasteiger partial charge < -0.3 is 5.32 Å². The molecule has 0 aliphatic carbocycles. The summed E-state index contributed by atoms with van der Waals surface area (Å²) in [4.78, 5) is 17.1.